The highest BCUT2D eigenvalue weighted by molar-refractivity contribution is 5.95. The lowest BCUT2D eigenvalue weighted by atomic mass is 10.2. The van der Waals surface area contributed by atoms with Crippen LogP contribution in [0, 0.1) is 0 Å². The van der Waals surface area contributed by atoms with Gasteiger partial charge in [-0.2, -0.15) is 0 Å². The van der Waals surface area contributed by atoms with Gasteiger partial charge in [0.05, 0.1) is 0 Å². The lowest BCUT2D eigenvalue weighted by Crippen LogP contribution is -2.51. The third kappa shape index (κ3) is 3.29. The van der Waals surface area contributed by atoms with Gasteiger partial charge in [0.2, 0.25) is 11.8 Å². The Morgan fingerprint density at radius 3 is 2.36 bits per heavy atom. The number of amides is 1. The molecule has 7 heteroatoms. The van der Waals surface area contributed by atoms with Gasteiger partial charge in [-0.05, 0) is 38.1 Å². The summed E-state index contributed by atoms with van der Waals surface area (Å²) in [5, 5.41) is 12.0. The molecule has 0 atom stereocenters. The molecule has 1 fully saturated rings. The molecule has 0 saturated carbocycles. The Labute approximate surface area is 163 Å². The fourth-order valence-electron chi connectivity index (χ4n) is 3.57. The molecule has 1 saturated heterocycles. The van der Waals surface area contributed by atoms with E-state index in [2.05, 4.69) is 23.7 Å². The van der Waals surface area contributed by atoms with Gasteiger partial charge in [-0.15, -0.1) is 0 Å². The number of benzene rings is 1. The first-order valence-electron chi connectivity index (χ1n) is 9.51. The molecule has 3 aromatic rings. The van der Waals surface area contributed by atoms with E-state index in [9.17, 15) is 9.90 Å². The minimum absolute atomic E-state index is 0.00160. The van der Waals surface area contributed by atoms with Crippen LogP contribution >= 0.6 is 0 Å². The van der Waals surface area contributed by atoms with Gasteiger partial charge in [0, 0.05) is 49.2 Å². The average molecular weight is 380 g/mol. The van der Waals surface area contributed by atoms with E-state index in [-0.39, 0.29) is 11.8 Å². The first kappa shape index (κ1) is 18.3. The Morgan fingerprint density at radius 2 is 1.71 bits per heavy atom. The number of aromatic nitrogens is 2. The SMILES string of the molecule is CC(C)N1CCN(C(=O)Oc2c3ccccc3c(O)n2-c2ccccn2)CC1. The van der Waals surface area contributed by atoms with Crippen molar-refractivity contribution in [3.8, 4) is 17.6 Å². The molecule has 28 heavy (non-hydrogen) atoms. The average Bonchev–Trinajstić information content (AvgIpc) is 3.00. The number of hydrogen-bond donors (Lipinski definition) is 1. The van der Waals surface area contributed by atoms with E-state index in [0.717, 1.165) is 13.1 Å². The summed E-state index contributed by atoms with van der Waals surface area (Å²) < 4.78 is 7.28. The van der Waals surface area contributed by atoms with Gasteiger partial charge in [-0.1, -0.05) is 18.2 Å². The zero-order chi connectivity index (χ0) is 19.7. The zero-order valence-corrected chi connectivity index (χ0v) is 16.1. The molecule has 0 radical (unpaired) electrons. The second kappa shape index (κ2) is 7.52. The van der Waals surface area contributed by atoms with E-state index in [1.807, 2.05) is 24.3 Å². The number of pyridine rings is 1. The first-order chi connectivity index (χ1) is 13.6. The number of fused-ring (bicyclic) bond motifs is 1. The highest BCUT2D eigenvalue weighted by Crippen LogP contribution is 2.39. The number of ether oxygens (including phenoxy) is 1. The molecule has 1 amide bonds. The van der Waals surface area contributed by atoms with Crippen LogP contribution < -0.4 is 4.74 Å². The first-order valence-corrected chi connectivity index (χ1v) is 9.51. The summed E-state index contributed by atoms with van der Waals surface area (Å²) in [6.07, 6.45) is 1.22. The number of piperazine rings is 1. The monoisotopic (exact) mass is 380 g/mol. The van der Waals surface area contributed by atoms with Crippen LogP contribution in [0.15, 0.2) is 48.7 Å². The molecule has 0 spiro atoms. The minimum atomic E-state index is -0.413. The van der Waals surface area contributed by atoms with Crippen LogP contribution in [0.25, 0.3) is 16.6 Å². The quantitative estimate of drug-likeness (QED) is 0.755. The third-order valence-electron chi connectivity index (χ3n) is 5.18. The predicted molar refractivity (Wildman–Crippen MR) is 107 cm³/mol. The second-order valence-electron chi connectivity index (χ2n) is 7.18. The molecule has 4 rings (SSSR count). The highest BCUT2D eigenvalue weighted by Gasteiger charge is 2.27. The molecular weight excluding hydrogens is 356 g/mol. The van der Waals surface area contributed by atoms with Gasteiger partial charge in [0.1, 0.15) is 5.82 Å². The van der Waals surface area contributed by atoms with Crippen LogP contribution in [0.3, 0.4) is 0 Å². The maximum Gasteiger partial charge on any atom is 0.416 e. The van der Waals surface area contributed by atoms with Crippen molar-refractivity contribution < 1.29 is 14.6 Å². The van der Waals surface area contributed by atoms with Crippen LogP contribution in [-0.2, 0) is 0 Å². The van der Waals surface area contributed by atoms with Gasteiger partial charge in [0.15, 0.2) is 0 Å². The number of aromatic hydroxyl groups is 1. The van der Waals surface area contributed by atoms with Crippen molar-refractivity contribution in [2.24, 2.45) is 0 Å². The number of hydrogen-bond acceptors (Lipinski definition) is 5. The lowest BCUT2D eigenvalue weighted by molar-refractivity contribution is 0.0958. The fraction of sp³-hybridized carbons (Fsp3) is 0.333. The van der Waals surface area contributed by atoms with E-state index in [1.54, 1.807) is 29.3 Å². The lowest BCUT2D eigenvalue weighted by Gasteiger charge is -2.36. The summed E-state index contributed by atoms with van der Waals surface area (Å²) in [6.45, 7) is 7.18. The van der Waals surface area contributed by atoms with E-state index in [4.69, 9.17) is 4.74 Å². The van der Waals surface area contributed by atoms with E-state index in [1.165, 1.54) is 4.57 Å². The zero-order valence-electron chi connectivity index (χ0n) is 16.1. The fourth-order valence-corrected chi connectivity index (χ4v) is 3.57. The summed E-state index contributed by atoms with van der Waals surface area (Å²) in [5.41, 5.74) is 0. The molecule has 0 bridgehead atoms. The highest BCUT2D eigenvalue weighted by atomic mass is 16.6. The minimum Gasteiger partial charge on any atom is -0.494 e. The van der Waals surface area contributed by atoms with E-state index >= 15 is 0 Å². The molecule has 1 aliphatic heterocycles. The topological polar surface area (TPSA) is 70.8 Å². The number of nitrogens with zero attached hydrogens (tertiary/aromatic N) is 4. The van der Waals surface area contributed by atoms with Gasteiger partial charge >= 0.3 is 6.09 Å². The second-order valence-corrected chi connectivity index (χ2v) is 7.18. The summed E-state index contributed by atoms with van der Waals surface area (Å²) in [6, 6.07) is 13.1. The number of carbonyl (C=O) groups is 1. The Kier molecular flexibility index (Phi) is 4.92. The molecule has 0 unspecified atom stereocenters. The summed E-state index contributed by atoms with van der Waals surface area (Å²) in [7, 11) is 0. The predicted octanol–water partition coefficient (Wildman–Crippen LogP) is 3.26. The Balaban J connectivity index is 1.66. The van der Waals surface area contributed by atoms with Crippen LogP contribution in [0.2, 0.25) is 0 Å². The van der Waals surface area contributed by atoms with Gasteiger partial charge in [-0.25, -0.2) is 14.3 Å². The van der Waals surface area contributed by atoms with E-state index < -0.39 is 6.09 Å². The summed E-state index contributed by atoms with van der Waals surface area (Å²) in [5.74, 6) is 0.772. The van der Waals surface area contributed by atoms with Crippen LogP contribution in [0.5, 0.6) is 11.8 Å². The maximum atomic E-state index is 12.9. The van der Waals surface area contributed by atoms with Crippen molar-refractivity contribution in [1.29, 1.82) is 0 Å². The van der Waals surface area contributed by atoms with Crippen molar-refractivity contribution in [1.82, 2.24) is 19.4 Å². The van der Waals surface area contributed by atoms with Crippen molar-refractivity contribution in [3.05, 3.63) is 48.7 Å². The van der Waals surface area contributed by atoms with Crippen molar-refractivity contribution in [2.45, 2.75) is 19.9 Å². The van der Waals surface area contributed by atoms with Gasteiger partial charge in [0.25, 0.3) is 0 Å². The van der Waals surface area contributed by atoms with Gasteiger partial charge in [-0.3, -0.25) is 4.90 Å². The summed E-state index contributed by atoms with van der Waals surface area (Å²) in [4.78, 5) is 21.2. The smallest absolute Gasteiger partial charge is 0.416 e. The van der Waals surface area contributed by atoms with Crippen LogP contribution in [-0.4, -0.2) is 62.8 Å². The maximum absolute atomic E-state index is 12.9. The number of rotatable bonds is 3. The molecule has 7 nitrogen and oxygen atoms in total. The van der Waals surface area contributed by atoms with Crippen LogP contribution in [0.1, 0.15) is 13.8 Å². The van der Waals surface area contributed by atoms with Crippen LogP contribution in [0.4, 0.5) is 4.79 Å². The van der Waals surface area contributed by atoms with E-state index in [0.29, 0.717) is 35.7 Å². The molecule has 0 aliphatic carbocycles. The molecule has 2 aromatic heterocycles. The van der Waals surface area contributed by atoms with Crippen molar-refractivity contribution in [3.63, 3.8) is 0 Å². The molecule has 1 aromatic carbocycles. The third-order valence-corrected chi connectivity index (χ3v) is 5.18. The Morgan fingerprint density at radius 1 is 1.04 bits per heavy atom. The normalized spacial score (nSPS) is 15.3. The molecule has 1 aliphatic rings. The molecule has 146 valence electrons. The Bertz CT molecular complexity index is 976. The molecular formula is C21H24N4O3. The standard InChI is InChI=1S/C21H24N4O3/c1-15(2)23-11-13-24(14-12-23)21(27)28-20-17-8-4-3-7-16(17)19(26)25(20)18-9-5-6-10-22-18/h3-10,15,26H,11-14H2,1-2H3. The number of carbonyl (C=O) groups excluding carboxylic acids is 1. The largest absolute Gasteiger partial charge is 0.494 e. The van der Waals surface area contributed by atoms with Gasteiger partial charge < -0.3 is 14.7 Å². The van der Waals surface area contributed by atoms with Crippen molar-refractivity contribution >= 4 is 16.9 Å². The van der Waals surface area contributed by atoms with Crippen molar-refractivity contribution in [2.75, 3.05) is 26.2 Å². The molecule has 1 N–H and O–H groups in total. The molecule has 3 heterocycles. The Hall–Kier alpha value is -3.06. The summed E-state index contributed by atoms with van der Waals surface area (Å²) >= 11 is 0.